The highest BCUT2D eigenvalue weighted by Gasteiger charge is 2.18. The molecule has 1 amide bonds. The standard InChI is InChI=1S/C15H15N3O/c1-11(2)18(9-7-16)15(19)13-5-6-14-12(10-13)4-3-8-17-14/h3-6,8,10-11H,9H2,1-2H3. The van der Waals surface area contributed by atoms with Crippen LogP contribution in [0.2, 0.25) is 0 Å². The van der Waals surface area contributed by atoms with Crippen LogP contribution in [-0.4, -0.2) is 28.4 Å². The van der Waals surface area contributed by atoms with Crippen LogP contribution in [-0.2, 0) is 0 Å². The molecule has 0 bridgehead atoms. The number of fused-ring (bicyclic) bond motifs is 1. The Balaban J connectivity index is 2.38. The minimum absolute atomic E-state index is 0.00301. The van der Waals surface area contributed by atoms with Crippen LogP contribution < -0.4 is 0 Å². The molecule has 0 spiro atoms. The summed E-state index contributed by atoms with van der Waals surface area (Å²) in [6.45, 7) is 3.90. The average Bonchev–Trinajstić information content (AvgIpc) is 2.43. The van der Waals surface area contributed by atoms with Crippen LogP contribution in [0.1, 0.15) is 24.2 Å². The van der Waals surface area contributed by atoms with E-state index in [2.05, 4.69) is 4.98 Å². The topological polar surface area (TPSA) is 57.0 Å². The van der Waals surface area contributed by atoms with E-state index in [1.54, 1.807) is 17.2 Å². The van der Waals surface area contributed by atoms with E-state index in [1.165, 1.54) is 0 Å². The van der Waals surface area contributed by atoms with Crippen LogP contribution in [0.4, 0.5) is 0 Å². The number of carbonyl (C=O) groups is 1. The smallest absolute Gasteiger partial charge is 0.254 e. The maximum atomic E-state index is 12.4. The highest BCUT2D eigenvalue weighted by Crippen LogP contribution is 2.15. The van der Waals surface area contributed by atoms with Crippen LogP contribution in [0.3, 0.4) is 0 Å². The second kappa shape index (κ2) is 5.49. The van der Waals surface area contributed by atoms with Gasteiger partial charge in [0.2, 0.25) is 0 Å². The molecule has 0 saturated carbocycles. The maximum absolute atomic E-state index is 12.4. The van der Waals surface area contributed by atoms with Crippen molar-refractivity contribution in [3.8, 4) is 6.07 Å². The van der Waals surface area contributed by atoms with E-state index in [4.69, 9.17) is 5.26 Å². The second-order valence-corrected chi connectivity index (χ2v) is 4.60. The normalized spacial score (nSPS) is 10.4. The van der Waals surface area contributed by atoms with Gasteiger partial charge in [-0.2, -0.15) is 5.26 Å². The van der Waals surface area contributed by atoms with Crippen LogP contribution in [0.5, 0.6) is 0 Å². The molecule has 0 atom stereocenters. The minimum atomic E-state index is -0.123. The van der Waals surface area contributed by atoms with E-state index in [0.29, 0.717) is 5.56 Å². The number of rotatable bonds is 3. The van der Waals surface area contributed by atoms with Gasteiger partial charge in [-0.15, -0.1) is 0 Å². The summed E-state index contributed by atoms with van der Waals surface area (Å²) in [7, 11) is 0. The van der Waals surface area contributed by atoms with Gasteiger partial charge >= 0.3 is 0 Å². The number of aromatic nitrogens is 1. The Morgan fingerprint density at radius 3 is 2.89 bits per heavy atom. The Morgan fingerprint density at radius 2 is 2.21 bits per heavy atom. The van der Waals surface area contributed by atoms with Crippen molar-refractivity contribution in [3.63, 3.8) is 0 Å². The number of hydrogen-bond donors (Lipinski definition) is 0. The summed E-state index contributed by atoms with van der Waals surface area (Å²) in [5.41, 5.74) is 1.44. The van der Waals surface area contributed by atoms with E-state index >= 15 is 0 Å². The van der Waals surface area contributed by atoms with Crippen LogP contribution in [0.25, 0.3) is 10.9 Å². The van der Waals surface area contributed by atoms with E-state index in [1.807, 2.05) is 44.2 Å². The molecule has 4 nitrogen and oxygen atoms in total. The van der Waals surface area contributed by atoms with Gasteiger partial charge in [0.1, 0.15) is 6.54 Å². The molecule has 0 N–H and O–H groups in total. The predicted molar refractivity (Wildman–Crippen MR) is 73.5 cm³/mol. The zero-order valence-corrected chi connectivity index (χ0v) is 11.0. The van der Waals surface area contributed by atoms with Gasteiger partial charge in [-0.3, -0.25) is 9.78 Å². The van der Waals surface area contributed by atoms with E-state index in [0.717, 1.165) is 10.9 Å². The molecule has 4 heteroatoms. The van der Waals surface area contributed by atoms with Crippen molar-refractivity contribution < 1.29 is 4.79 Å². The first-order valence-corrected chi connectivity index (χ1v) is 6.16. The van der Waals surface area contributed by atoms with Gasteiger partial charge in [0.05, 0.1) is 11.6 Å². The Morgan fingerprint density at radius 1 is 1.42 bits per heavy atom. The quantitative estimate of drug-likeness (QED) is 0.790. The second-order valence-electron chi connectivity index (χ2n) is 4.60. The summed E-state index contributed by atoms with van der Waals surface area (Å²) < 4.78 is 0. The van der Waals surface area contributed by atoms with Crippen LogP contribution >= 0.6 is 0 Å². The highest BCUT2D eigenvalue weighted by atomic mass is 16.2. The third kappa shape index (κ3) is 2.71. The van der Waals surface area contributed by atoms with Crippen LogP contribution in [0.15, 0.2) is 36.5 Å². The zero-order valence-electron chi connectivity index (χ0n) is 11.0. The molecule has 0 radical (unpaired) electrons. The zero-order chi connectivity index (χ0) is 13.8. The van der Waals surface area contributed by atoms with Crippen molar-refractivity contribution in [1.82, 2.24) is 9.88 Å². The number of nitrogens with zero attached hydrogens (tertiary/aromatic N) is 3. The lowest BCUT2D eigenvalue weighted by molar-refractivity contribution is 0.0731. The Bertz CT molecular complexity index is 643. The Hall–Kier alpha value is -2.41. The van der Waals surface area contributed by atoms with Crippen molar-refractivity contribution >= 4 is 16.8 Å². The predicted octanol–water partition coefficient (Wildman–Crippen LogP) is 2.61. The lowest BCUT2D eigenvalue weighted by Gasteiger charge is -2.23. The number of hydrogen-bond acceptors (Lipinski definition) is 3. The molecule has 96 valence electrons. The van der Waals surface area contributed by atoms with E-state index in [9.17, 15) is 4.79 Å². The number of pyridine rings is 1. The molecule has 2 rings (SSSR count). The molecular formula is C15H15N3O. The molecule has 0 aliphatic heterocycles. The third-order valence-electron chi connectivity index (χ3n) is 2.98. The first-order chi connectivity index (χ1) is 9.13. The van der Waals surface area contributed by atoms with Gasteiger partial charge < -0.3 is 4.90 Å². The van der Waals surface area contributed by atoms with Crippen molar-refractivity contribution in [3.05, 3.63) is 42.1 Å². The molecule has 0 saturated heterocycles. The molecular weight excluding hydrogens is 238 g/mol. The SMILES string of the molecule is CC(C)N(CC#N)C(=O)c1ccc2ncccc2c1. The molecule has 19 heavy (non-hydrogen) atoms. The Labute approximate surface area is 112 Å². The monoisotopic (exact) mass is 253 g/mol. The lowest BCUT2D eigenvalue weighted by Crippen LogP contribution is -2.37. The fraction of sp³-hybridized carbons (Fsp3) is 0.267. The number of amides is 1. The number of benzene rings is 1. The van der Waals surface area contributed by atoms with E-state index in [-0.39, 0.29) is 18.5 Å². The largest absolute Gasteiger partial charge is 0.323 e. The minimum Gasteiger partial charge on any atom is -0.323 e. The van der Waals surface area contributed by atoms with Crippen molar-refractivity contribution in [2.24, 2.45) is 0 Å². The summed E-state index contributed by atoms with van der Waals surface area (Å²) in [4.78, 5) is 18.1. The fourth-order valence-electron chi connectivity index (χ4n) is 1.94. The first kappa shape index (κ1) is 13.0. The summed E-state index contributed by atoms with van der Waals surface area (Å²) >= 11 is 0. The summed E-state index contributed by atoms with van der Waals surface area (Å²) in [5, 5.41) is 9.72. The van der Waals surface area contributed by atoms with Gasteiger partial charge in [-0.25, -0.2) is 0 Å². The summed E-state index contributed by atoms with van der Waals surface area (Å²) in [5.74, 6) is -0.123. The number of nitriles is 1. The van der Waals surface area contributed by atoms with Crippen molar-refractivity contribution in [2.75, 3.05) is 6.54 Å². The molecule has 1 heterocycles. The highest BCUT2D eigenvalue weighted by molar-refractivity contribution is 5.98. The number of carbonyl (C=O) groups excluding carboxylic acids is 1. The van der Waals surface area contributed by atoms with Crippen LogP contribution in [0, 0.1) is 11.3 Å². The molecule has 1 aromatic heterocycles. The molecule has 0 unspecified atom stereocenters. The molecule has 0 fully saturated rings. The van der Waals surface area contributed by atoms with Gasteiger partial charge in [-0.1, -0.05) is 6.07 Å². The first-order valence-electron chi connectivity index (χ1n) is 6.16. The molecule has 2 aromatic rings. The van der Waals surface area contributed by atoms with E-state index < -0.39 is 0 Å². The lowest BCUT2D eigenvalue weighted by atomic mass is 10.1. The van der Waals surface area contributed by atoms with Gasteiger partial charge in [0.15, 0.2) is 0 Å². The van der Waals surface area contributed by atoms with Gasteiger partial charge in [0, 0.05) is 23.2 Å². The third-order valence-corrected chi connectivity index (χ3v) is 2.98. The molecule has 0 aliphatic carbocycles. The summed E-state index contributed by atoms with van der Waals surface area (Å²) in [6, 6.07) is 11.2. The molecule has 1 aromatic carbocycles. The Kier molecular flexibility index (Phi) is 3.76. The fourth-order valence-corrected chi connectivity index (χ4v) is 1.94. The summed E-state index contributed by atoms with van der Waals surface area (Å²) in [6.07, 6.45) is 1.72. The average molecular weight is 253 g/mol. The maximum Gasteiger partial charge on any atom is 0.254 e. The molecule has 0 aliphatic rings. The van der Waals surface area contributed by atoms with Gasteiger partial charge in [0.25, 0.3) is 5.91 Å². The van der Waals surface area contributed by atoms with Crippen molar-refractivity contribution in [1.29, 1.82) is 5.26 Å². The van der Waals surface area contributed by atoms with Gasteiger partial charge in [-0.05, 0) is 38.1 Å². The van der Waals surface area contributed by atoms with Crippen molar-refractivity contribution in [2.45, 2.75) is 19.9 Å².